The average Bonchev–Trinajstić information content (AvgIpc) is 2.60. The summed E-state index contributed by atoms with van der Waals surface area (Å²) in [4.78, 5) is 16.2. The summed E-state index contributed by atoms with van der Waals surface area (Å²) in [6, 6.07) is 9.94. The number of pyridine rings is 1. The van der Waals surface area contributed by atoms with Crippen LogP contribution in [0.5, 0.6) is 5.75 Å². The smallest absolute Gasteiger partial charge is 0.412 e. The Labute approximate surface area is 148 Å². The van der Waals surface area contributed by atoms with Gasteiger partial charge in [-0.25, -0.2) is 9.78 Å². The highest BCUT2D eigenvalue weighted by molar-refractivity contribution is 5.84. The van der Waals surface area contributed by atoms with Crippen molar-refractivity contribution in [3.8, 4) is 5.75 Å². The van der Waals surface area contributed by atoms with Gasteiger partial charge in [0.2, 0.25) is 0 Å². The van der Waals surface area contributed by atoms with E-state index in [1.807, 2.05) is 51.1 Å². The van der Waals surface area contributed by atoms with Gasteiger partial charge in [-0.05, 0) is 37.5 Å². The first-order valence-electron chi connectivity index (χ1n) is 8.10. The highest BCUT2D eigenvalue weighted by Crippen LogP contribution is 2.29. The lowest BCUT2D eigenvalue weighted by Gasteiger charge is -2.17. The van der Waals surface area contributed by atoms with Crippen LogP contribution < -0.4 is 10.1 Å². The molecule has 0 unspecified atom stereocenters. The van der Waals surface area contributed by atoms with Crippen molar-refractivity contribution in [3.05, 3.63) is 52.7 Å². The summed E-state index contributed by atoms with van der Waals surface area (Å²) in [6.45, 7) is 6.71. The summed E-state index contributed by atoms with van der Waals surface area (Å²) < 4.78 is 15.8. The van der Waals surface area contributed by atoms with E-state index in [1.54, 1.807) is 7.11 Å². The lowest BCUT2D eigenvalue weighted by molar-refractivity contribution is 0.107. The Bertz CT molecular complexity index is 717. The molecule has 0 saturated heterocycles. The molecule has 0 saturated carbocycles. The second kappa shape index (κ2) is 9.03. The number of aryl methyl sites for hydroxylation is 1. The molecule has 0 fully saturated rings. The number of aromatic nitrogens is 1. The molecule has 2 aromatic rings. The number of benzene rings is 1. The minimum absolute atomic E-state index is 0.192. The SMILES string of the molecule is COCCOC(=O)Nc1nc(C)c(OCc2ccccc2)c(C)c1C. The van der Waals surface area contributed by atoms with E-state index in [4.69, 9.17) is 14.2 Å². The predicted octanol–water partition coefficient (Wildman–Crippen LogP) is 3.78. The fraction of sp³-hybridized carbons (Fsp3) is 0.368. The number of nitrogens with zero attached hydrogens (tertiary/aromatic N) is 1. The van der Waals surface area contributed by atoms with Gasteiger partial charge in [0.1, 0.15) is 24.8 Å². The predicted molar refractivity (Wildman–Crippen MR) is 96.1 cm³/mol. The number of ether oxygens (including phenoxy) is 3. The van der Waals surface area contributed by atoms with E-state index in [0.29, 0.717) is 24.7 Å². The summed E-state index contributed by atoms with van der Waals surface area (Å²) in [5.41, 5.74) is 3.59. The van der Waals surface area contributed by atoms with Crippen molar-refractivity contribution in [2.45, 2.75) is 27.4 Å². The molecule has 0 bridgehead atoms. The normalized spacial score (nSPS) is 10.4. The summed E-state index contributed by atoms with van der Waals surface area (Å²) >= 11 is 0. The van der Waals surface area contributed by atoms with Crippen molar-refractivity contribution in [1.29, 1.82) is 0 Å². The Hall–Kier alpha value is -2.60. The molecule has 0 atom stereocenters. The highest BCUT2D eigenvalue weighted by atomic mass is 16.6. The number of hydrogen-bond donors (Lipinski definition) is 1. The van der Waals surface area contributed by atoms with Gasteiger partial charge < -0.3 is 14.2 Å². The first-order chi connectivity index (χ1) is 12.0. The maximum Gasteiger partial charge on any atom is 0.412 e. The van der Waals surface area contributed by atoms with E-state index < -0.39 is 6.09 Å². The fourth-order valence-corrected chi connectivity index (χ4v) is 2.34. The third-order valence-electron chi connectivity index (χ3n) is 3.83. The standard InChI is InChI=1S/C19H24N2O4/c1-13-14(2)18(21-19(22)24-11-10-23-4)20-15(3)17(13)25-12-16-8-6-5-7-9-16/h5-9H,10-12H2,1-4H3,(H,20,21,22). The zero-order chi connectivity index (χ0) is 18.2. The first-order valence-corrected chi connectivity index (χ1v) is 8.10. The van der Waals surface area contributed by atoms with Crippen LogP contribution in [0.4, 0.5) is 10.6 Å². The van der Waals surface area contributed by atoms with Crippen LogP contribution in [0.25, 0.3) is 0 Å². The van der Waals surface area contributed by atoms with Crippen LogP contribution in [0.1, 0.15) is 22.4 Å². The number of hydrogen-bond acceptors (Lipinski definition) is 5. The average molecular weight is 344 g/mol. The third kappa shape index (κ3) is 5.19. The second-order valence-electron chi connectivity index (χ2n) is 5.65. The number of carbonyl (C=O) groups excluding carboxylic acids is 1. The van der Waals surface area contributed by atoms with Crippen molar-refractivity contribution >= 4 is 11.9 Å². The van der Waals surface area contributed by atoms with E-state index in [2.05, 4.69) is 10.3 Å². The highest BCUT2D eigenvalue weighted by Gasteiger charge is 2.15. The molecule has 1 heterocycles. The lowest BCUT2D eigenvalue weighted by Crippen LogP contribution is -2.18. The van der Waals surface area contributed by atoms with Gasteiger partial charge in [-0.2, -0.15) is 0 Å². The number of anilines is 1. The lowest BCUT2D eigenvalue weighted by atomic mass is 10.1. The fourth-order valence-electron chi connectivity index (χ4n) is 2.34. The second-order valence-corrected chi connectivity index (χ2v) is 5.65. The molecule has 25 heavy (non-hydrogen) atoms. The minimum Gasteiger partial charge on any atom is -0.487 e. The number of rotatable bonds is 7. The van der Waals surface area contributed by atoms with Gasteiger partial charge in [-0.15, -0.1) is 0 Å². The van der Waals surface area contributed by atoms with E-state index in [1.165, 1.54) is 0 Å². The van der Waals surface area contributed by atoms with Crippen LogP contribution >= 0.6 is 0 Å². The Balaban J connectivity index is 2.08. The molecular formula is C19H24N2O4. The summed E-state index contributed by atoms with van der Waals surface area (Å²) in [5.74, 6) is 1.21. The molecule has 2 rings (SSSR count). The molecular weight excluding hydrogens is 320 g/mol. The number of methoxy groups -OCH3 is 1. The Morgan fingerprint density at radius 1 is 1.08 bits per heavy atom. The quantitative estimate of drug-likeness (QED) is 0.774. The Morgan fingerprint density at radius 3 is 2.48 bits per heavy atom. The maximum atomic E-state index is 11.8. The summed E-state index contributed by atoms with van der Waals surface area (Å²) in [6.07, 6.45) is -0.551. The Morgan fingerprint density at radius 2 is 1.80 bits per heavy atom. The molecule has 1 amide bonds. The monoisotopic (exact) mass is 344 g/mol. The minimum atomic E-state index is -0.551. The summed E-state index contributed by atoms with van der Waals surface area (Å²) in [5, 5.41) is 2.67. The molecule has 0 radical (unpaired) electrons. The topological polar surface area (TPSA) is 69.7 Å². The van der Waals surface area contributed by atoms with Crippen LogP contribution in [-0.4, -0.2) is 31.4 Å². The molecule has 1 aromatic carbocycles. The van der Waals surface area contributed by atoms with Crippen LogP contribution in [0.3, 0.4) is 0 Å². The van der Waals surface area contributed by atoms with Crippen LogP contribution in [0.2, 0.25) is 0 Å². The zero-order valence-corrected chi connectivity index (χ0v) is 15.1. The molecule has 1 N–H and O–H groups in total. The molecule has 6 heteroatoms. The Kier molecular flexibility index (Phi) is 6.77. The molecule has 6 nitrogen and oxygen atoms in total. The van der Waals surface area contributed by atoms with Crippen molar-refractivity contribution < 1.29 is 19.0 Å². The third-order valence-corrected chi connectivity index (χ3v) is 3.83. The van der Waals surface area contributed by atoms with Gasteiger partial charge in [0.05, 0.1) is 12.3 Å². The van der Waals surface area contributed by atoms with Gasteiger partial charge in [0.25, 0.3) is 0 Å². The molecule has 0 aliphatic carbocycles. The van der Waals surface area contributed by atoms with Crippen molar-refractivity contribution in [2.24, 2.45) is 0 Å². The largest absolute Gasteiger partial charge is 0.487 e. The summed E-state index contributed by atoms with van der Waals surface area (Å²) in [7, 11) is 1.55. The van der Waals surface area contributed by atoms with Crippen LogP contribution in [-0.2, 0) is 16.1 Å². The number of nitrogens with one attached hydrogen (secondary N) is 1. The van der Waals surface area contributed by atoms with Gasteiger partial charge in [0, 0.05) is 7.11 Å². The first kappa shape index (κ1) is 18.7. The van der Waals surface area contributed by atoms with E-state index >= 15 is 0 Å². The van der Waals surface area contributed by atoms with Gasteiger partial charge in [-0.1, -0.05) is 30.3 Å². The molecule has 134 valence electrons. The van der Waals surface area contributed by atoms with Gasteiger partial charge >= 0.3 is 6.09 Å². The molecule has 0 spiro atoms. The maximum absolute atomic E-state index is 11.8. The van der Waals surface area contributed by atoms with Crippen molar-refractivity contribution in [2.75, 3.05) is 25.6 Å². The van der Waals surface area contributed by atoms with E-state index in [0.717, 1.165) is 22.4 Å². The number of amides is 1. The van der Waals surface area contributed by atoms with Gasteiger partial charge in [-0.3, -0.25) is 5.32 Å². The zero-order valence-electron chi connectivity index (χ0n) is 15.1. The molecule has 0 aliphatic heterocycles. The van der Waals surface area contributed by atoms with E-state index in [-0.39, 0.29) is 6.61 Å². The van der Waals surface area contributed by atoms with Crippen molar-refractivity contribution in [1.82, 2.24) is 4.98 Å². The number of carbonyl (C=O) groups is 1. The van der Waals surface area contributed by atoms with Crippen molar-refractivity contribution in [3.63, 3.8) is 0 Å². The molecule has 1 aromatic heterocycles. The van der Waals surface area contributed by atoms with Crippen LogP contribution in [0, 0.1) is 20.8 Å². The van der Waals surface area contributed by atoms with Crippen LogP contribution in [0.15, 0.2) is 30.3 Å². The van der Waals surface area contributed by atoms with E-state index in [9.17, 15) is 4.79 Å². The molecule has 0 aliphatic rings. The van der Waals surface area contributed by atoms with Gasteiger partial charge in [0.15, 0.2) is 0 Å².